The van der Waals surface area contributed by atoms with Gasteiger partial charge in [-0.3, -0.25) is 10.1 Å². The van der Waals surface area contributed by atoms with Crippen molar-refractivity contribution in [1.82, 2.24) is 10.6 Å². The Kier molecular flexibility index (Phi) is 3.46. The molecule has 0 bridgehead atoms. The summed E-state index contributed by atoms with van der Waals surface area (Å²) in [6, 6.07) is 4.88. The van der Waals surface area contributed by atoms with E-state index < -0.39 is 11.6 Å². The Morgan fingerprint density at radius 2 is 1.88 bits per heavy atom. The maximum absolute atomic E-state index is 11.7. The molecule has 1 saturated heterocycles. The van der Waals surface area contributed by atoms with Crippen molar-refractivity contribution in [2.24, 2.45) is 0 Å². The van der Waals surface area contributed by atoms with E-state index in [2.05, 4.69) is 10.6 Å². The zero-order chi connectivity index (χ0) is 11.3. The second-order valence-corrected chi connectivity index (χ2v) is 4.33. The zero-order valence-electron chi connectivity index (χ0n) is 9.46. The van der Waals surface area contributed by atoms with Gasteiger partial charge in [0.25, 0.3) is 5.91 Å². The number of amides is 3. The van der Waals surface area contributed by atoms with Gasteiger partial charge < -0.3 is 11.1 Å². The second-order valence-electron chi connectivity index (χ2n) is 4.33. The molecule has 17 heavy (non-hydrogen) atoms. The number of benzene rings is 1. The van der Waals surface area contributed by atoms with Gasteiger partial charge in [-0.1, -0.05) is 18.2 Å². The van der Waals surface area contributed by atoms with Gasteiger partial charge in [0.15, 0.2) is 0 Å². The summed E-state index contributed by atoms with van der Waals surface area (Å²) in [5, 5.41) is 4.95. The number of carbonyl (C=O) groups is 2. The molecular formula is C11H10N3O2Rb. The molecule has 5 nitrogen and oxygen atoms in total. The van der Waals surface area contributed by atoms with Crippen LogP contribution in [0.25, 0.3) is 5.73 Å². The summed E-state index contributed by atoms with van der Waals surface area (Å²) in [7, 11) is 0. The maximum Gasteiger partial charge on any atom is 1.00 e. The van der Waals surface area contributed by atoms with Crippen LogP contribution in [0.2, 0.25) is 0 Å². The minimum atomic E-state index is -0.812. The Morgan fingerprint density at radius 3 is 2.53 bits per heavy atom. The van der Waals surface area contributed by atoms with E-state index in [1.54, 1.807) is 12.1 Å². The van der Waals surface area contributed by atoms with Gasteiger partial charge in [-0.05, 0) is 11.1 Å². The van der Waals surface area contributed by atoms with Crippen LogP contribution in [-0.2, 0) is 17.6 Å². The summed E-state index contributed by atoms with van der Waals surface area (Å²) < 4.78 is 0. The van der Waals surface area contributed by atoms with Gasteiger partial charge in [0.1, 0.15) is 5.54 Å². The molecule has 0 radical (unpaired) electrons. The van der Waals surface area contributed by atoms with E-state index in [1.807, 2.05) is 6.07 Å². The first kappa shape index (κ1) is 13.2. The number of hydrogen-bond acceptors (Lipinski definition) is 2. The van der Waals surface area contributed by atoms with Gasteiger partial charge in [0, 0.05) is 12.8 Å². The van der Waals surface area contributed by atoms with Crippen LogP contribution in [0, 0.1) is 0 Å². The third-order valence-electron chi connectivity index (χ3n) is 3.21. The van der Waals surface area contributed by atoms with Crippen molar-refractivity contribution >= 4 is 17.6 Å². The van der Waals surface area contributed by atoms with Crippen LogP contribution in [0.5, 0.6) is 0 Å². The largest absolute Gasteiger partial charge is 1.00 e. The van der Waals surface area contributed by atoms with Crippen molar-refractivity contribution in [3.63, 3.8) is 0 Å². The van der Waals surface area contributed by atoms with E-state index in [0.717, 1.165) is 11.1 Å². The van der Waals surface area contributed by atoms with Crippen LogP contribution >= 0.6 is 0 Å². The van der Waals surface area contributed by atoms with Crippen molar-refractivity contribution in [2.45, 2.75) is 18.4 Å². The third-order valence-corrected chi connectivity index (χ3v) is 3.21. The van der Waals surface area contributed by atoms with Crippen LogP contribution in [0.1, 0.15) is 11.1 Å². The summed E-state index contributed by atoms with van der Waals surface area (Å²) in [4.78, 5) is 22.9. The van der Waals surface area contributed by atoms with Crippen LogP contribution < -0.4 is 68.8 Å². The minimum Gasteiger partial charge on any atom is -0.699 e. The molecule has 1 spiro atoms. The number of fused-ring (bicyclic) bond motifs is 1. The standard InChI is InChI=1S/C11H10N3O2.Rb/c12-8-2-1-6-4-11(5-7(6)3-8)9(15)13-10(16)14-11;/h1-3,12H,4-5H2,(H2,13,14,15,16);/q-1;+1. The molecule has 3 rings (SSSR count). The molecule has 3 amide bonds. The molecule has 1 aliphatic carbocycles. The summed E-state index contributed by atoms with van der Waals surface area (Å²) in [6.45, 7) is 0. The third kappa shape index (κ3) is 2.09. The van der Waals surface area contributed by atoms with Crippen molar-refractivity contribution in [3.8, 4) is 0 Å². The Balaban J connectivity index is 0.00000108. The fraction of sp³-hybridized carbons (Fsp3) is 0.273. The maximum atomic E-state index is 11.7. The van der Waals surface area contributed by atoms with Gasteiger partial charge in [0.2, 0.25) is 0 Å². The number of hydrogen-bond donors (Lipinski definition) is 2. The Labute approximate surface area is 147 Å². The van der Waals surface area contributed by atoms with E-state index in [1.165, 1.54) is 0 Å². The molecule has 1 unspecified atom stereocenters. The molecule has 2 aliphatic rings. The molecule has 0 saturated carbocycles. The molecule has 0 aromatic heterocycles. The number of carbonyl (C=O) groups excluding carboxylic acids is 2. The van der Waals surface area contributed by atoms with Crippen molar-refractivity contribution in [2.75, 3.05) is 0 Å². The summed E-state index contributed by atoms with van der Waals surface area (Å²) in [5.74, 6) is -0.264. The summed E-state index contributed by atoms with van der Waals surface area (Å²) in [5.41, 5.74) is 9.16. The number of rotatable bonds is 0. The van der Waals surface area contributed by atoms with Crippen molar-refractivity contribution < 1.29 is 67.8 Å². The molecule has 6 heteroatoms. The Bertz CT molecular complexity index is 517. The SMILES string of the molecule is [NH-]c1ccc2c(c1)CC1(C2)NC(=O)NC1=O.[Rb+]. The van der Waals surface area contributed by atoms with E-state index >= 15 is 0 Å². The first-order chi connectivity index (χ1) is 7.59. The molecule has 1 atom stereocenters. The topological polar surface area (TPSA) is 82.0 Å². The molecule has 82 valence electrons. The molecule has 1 heterocycles. The van der Waals surface area contributed by atoms with Gasteiger partial charge in [-0.15, -0.1) is 5.69 Å². The van der Waals surface area contributed by atoms with Crippen LogP contribution in [0.4, 0.5) is 10.5 Å². The Hall–Kier alpha value is -0.235. The summed E-state index contributed by atoms with van der Waals surface area (Å²) >= 11 is 0. The predicted octanol–water partition coefficient (Wildman–Crippen LogP) is -1.95. The van der Waals surface area contributed by atoms with E-state index in [4.69, 9.17) is 5.73 Å². The van der Waals surface area contributed by atoms with Gasteiger partial charge in [-0.2, -0.15) is 0 Å². The smallest absolute Gasteiger partial charge is 0.699 e. The molecule has 1 aromatic carbocycles. The Morgan fingerprint density at radius 1 is 1.18 bits per heavy atom. The van der Waals surface area contributed by atoms with Crippen LogP contribution in [0.15, 0.2) is 18.2 Å². The number of nitrogens with one attached hydrogen (secondary N) is 3. The molecular weight excluding hydrogens is 292 g/mol. The molecule has 1 fully saturated rings. The van der Waals surface area contributed by atoms with Gasteiger partial charge in [-0.25, -0.2) is 4.79 Å². The predicted molar refractivity (Wildman–Crippen MR) is 57.2 cm³/mol. The number of imide groups is 1. The molecule has 1 aliphatic heterocycles. The van der Waals surface area contributed by atoms with Gasteiger partial charge >= 0.3 is 64.2 Å². The van der Waals surface area contributed by atoms with E-state index in [0.29, 0.717) is 18.5 Å². The van der Waals surface area contributed by atoms with Crippen molar-refractivity contribution in [1.29, 1.82) is 0 Å². The summed E-state index contributed by atoms with van der Waals surface area (Å²) in [6.07, 6.45) is 0.993. The first-order valence-corrected chi connectivity index (χ1v) is 5.06. The van der Waals surface area contributed by atoms with Crippen molar-refractivity contribution in [3.05, 3.63) is 35.1 Å². The average Bonchev–Trinajstić information content (AvgIpc) is 2.67. The monoisotopic (exact) mass is 301 g/mol. The average molecular weight is 302 g/mol. The van der Waals surface area contributed by atoms with Crippen LogP contribution in [-0.4, -0.2) is 17.5 Å². The second kappa shape index (κ2) is 4.46. The fourth-order valence-electron chi connectivity index (χ4n) is 2.45. The fourth-order valence-corrected chi connectivity index (χ4v) is 2.45. The minimum absolute atomic E-state index is 0. The normalized spacial score (nSPS) is 25.2. The van der Waals surface area contributed by atoms with Gasteiger partial charge in [0.05, 0.1) is 0 Å². The van der Waals surface area contributed by atoms with Crippen LogP contribution in [0.3, 0.4) is 0 Å². The zero-order valence-corrected chi connectivity index (χ0v) is 14.4. The molecule has 1 aromatic rings. The first-order valence-electron chi connectivity index (χ1n) is 5.06. The van der Waals surface area contributed by atoms with E-state index in [-0.39, 0.29) is 64.1 Å². The molecule has 3 N–H and O–H groups in total. The quantitative estimate of drug-likeness (QED) is 0.546. The number of urea groups is 1. The van der Waals surface area contributed by atoms with E-state index in [9.17, 15) is 9.59 Å².